The monoisotopic (exact) mass is 348 g/mol. The topological polar surface area (TPSA) is 117 Å². The standard InChI is InChI=1S/C14H14F2N8O/c1-8-19-21-22-23(8)5-4-14-18-13(7-12(17)25)20-24(14)9-2-3-10(15)11(16)6-9/h2-3,6H,4-5,7H2,1H3,(H2,17,25). The van der Waals surface area contributed by atoms with E-state index >= 15 is 0 Å². The van der Waals surface area contributed by atoms with E-state index in [0.717, 1.165) is 12.1 Å². The molecule has 0 saturated carbocycles. The van der Waals surface area contributed by atoms with E-state index in [2.05, 4.69) is 25.6 Å². The largest absolute Gasteiger partial charge is 0.369 e. The van der Waals surface area contributed by atoms with Gasteiger partial charge in [0.25, 0.3) is 0 Å². The Hall–Kier alpha value is -3.24. The molecular weight excluding hydrogens is 334 g/mol. The first-order chi connectivity index (χ1) is 11.9. The molecule has 130 valence electrons. The smallest absolute Gasteiger partial charge is 0.225 e. The zero-order valence-corrected chi connectivity index (χ0v) is 13.2. The van der Waals surface area contributed by atoms with E-state index < -0.39 is 17.5 Å². The lowest BCUT2D eigenvalue weighted by atomic mass is 10.3. The normalized spacial score (nSPS) is 11.0. The first-order valence-electron chi connectivity index (χ1n) is 7.35. The van der Waals surface area contributed by atoms with E-state index in [0.29, 0.717) is 24.6 Å². The van der Waals surface area contributed by atoms with Gasteiger partial charge in [-0.3, -0.25) is 4.79 Å². The summed E-state index contributed by atoms with van der Waals surface area (Å²) in [7, 11) is 0. The first-order valence-corrected chi connectivity index (χ1v) is 7.35. The number of primary amides is 1. The maximum Gasteiger partial charge on any atom is 0.225 e. The second-order valence-corrected chi connectivity index (χ2v) is 5.30. The second kappa shape index (κ2) is 6.71. The van der Waals surface area contributed by atoms with E-state index in [-0.39, 0.29) is 17.9 Å². The van der Waals surface area contributed by atoms with Crippen LogP contribution in [0.4, 0.5) is 8.78 Å². The summed E-state index contributed by atoms with van der Waals surface area (Å²) < 4.78 is 29.6. The summed E-state index contributed by atoms with van der Waals surface area (Å²) in [5, 5.41) is 15.3. The number of nitrogens with zero attached hydrogens (tertiary/aromatic N) is 7. The molecule has 0 bridgehead atoms. The zero-order chi connectivity index (χ0) is 18.0. The number of carbonyl (C=O) groups is 1. The highest BCUT2D eigenvalue weighted by Crippen LogP contribution is 2.15. The Morgan fingerprint density at radius 3 is 2.72 bits per heavy atom. The number of carbonyl (C=O) groups excluding carboxylic acids is 1. The molecular formula is C14H14F2N8O. The van der Waals surface area contributed by atoms with Gasteiger partial charge < -0.3 is 5.73 Å². The van der Waals surface area contributed by atoms with Crippen LogP contribution in [0.15, 0.2) is 18.2 Å². The third-order valence-corrected chi connectivity index (χ3v) is 3.46. The predicted octanol–water partition coefficient (Wildman–Crippen LogP) is 0.111. The maximum absolute atomic E-state index is 13.5. The number of tetrazole rings is 1. The molecule has 0 radical (unpaired) electrons. The molecule has 3 aromatic rings. The molecule has 2 aromatic heterocycles. The third-order valence-electron chi connectivity index (χ3n) is 3.46. The quantitative estimate of drug-likeness (QED) is 0.676. The van der Waals surface area contributed by atoms with Crippen molar-refractivity contribution in [2.75, 3.05) is 0 Å². The Kier molecular flexibility index (Phi) is 4.46. The number of aryl methyl sites for hydroxylation is 3. The van der Waals surface area contributed by atoms with E-state index in [1.807, 2.05) is 0 Å². The third kappa shape index (κ3) is 3.65. The molecule has 0 aliphatic rings. The van der Waals surface area contributed by atoms with Crippen LogP contribution in [0.1, 0.15) is 17.5 Å². The number of benzene rings is 1. The molecule has 0 aliphatic carbocycles. The Bertz CT molecular complexity index is 919. The highest BCUT2D eigenvalue weighted by molar-refractivity contribution is 5.75. The number of halogens is 2. The lowest BCUT2D eigenvalue weighted by molar-refractivity contribution is -0.117. The fraction of sp³-hybridized carbons (Fsp3) is 0.286. The Morgan fingerprint density at radius 2 is 2.08 bits per heavy atom. The van der Waals surface area contributed by atoms with Crippen LogP contribution in [-0.2, 0) is 24.2 Å². The van der Waals surface area contributed by atoms with Gasteiger partial charge in [0.2, 0.25) is 5.91 Å². The number of aromatic nitrogens is 7. The molecule has 11 heteroatoms. The van der Waals surface area contributed by atoms with E-state index in [1.54, 1.807) is 11.6 Å². The second-order valence-electron chi connectivity index (χ2n) is 5.30. The molecule has 0 saturated heterocycles. The van der Waals surface area contributed by atoms with Crippen LogP contribution in [0.3, 0.4) is 0 Å². The first kappa shape index (κ1) is 16.6. The molecule has 25 heavy (non-hydrogen) atoms. The minimum Gasteiger partial charge on any atom is -0.369 e. The van der Waals surface area contributed by atoms with E-state index in [1.165, 1.54) is 10.7 Å². The van der Waals surface area contributed by atoms with Gasteiger partial charge in [-0.2, -0.15) is 5.10 Å². The summed E-state index contributed by atoms with van der Waals surface area (Å²) in [5.41, 5.74) is 5.45. The summed E-state index contributed by atoms with van der Waals surface area (Å²) in [6, 6.07) is 3.37. The number of amides is 1. The summed E-state index contributed by atoms with van der Waals surface area (Å²) in [6.07, 6.45) is 0.199. The number of nitrogens with two attached hydrogens (primary N) is 1. The van der Waals surface area contributed by atoms with Crippen molar-refractivity contribution < 1.29 is 13.6 Å². The number of hydrogen-bond acceptors (Lipinski definition) is 6. The molecule has 0 atom stereocenters. The SMILES string of the molecule is Cc1nnnn1CCc1nc(CC(N)=O)nn1-c1ccc(F)c(F)c1. The van der Waals surface area contributed by atoms with Gasteiger partial charge in [-0.25, -0.2) is 23.1 Å². The summed E-state index contributed by atoms with van der Waals surface area (Å²) in [5.74, 6) is -1.31. The van der Waals surface area contributed by atoms with Gasteiger partial charge in [-0.05, 0) is 29.5 Å². The van der Waals surface area contributed by atoms with E-state index in [9.17, 15) is 13.6 Å². The van der Waals surface area contributed by atoms with Gasteiger partial charge in [-0.15, -0.1) is 5.10 Å². The number of rotatable bonds is 6. The fourth-order valence-electron chi connectivity index (χ4n) is 2.27. The predicted molar refractivity (Wildman–Crippen MR) is 80.4 cm³/mol. The van der Waals surface area contributed by atoms with Crippen molar-refractivity contribution in [3.63, 3.8) is 0 Å². The van der Waals surface area contributed by atoms with Crippen LogP contribution in [0.5, 0.6) is 0 Å². The van der Waals surface area contributed by atoms with Crippen molar-refractivity contribution in [2.45, 2.75) is 26.3 Å². The Labute approximate surface area is 140 Å². The maximum atomic E-state index is 13.5. The van der Waals surface area contributed by atoms with Gasteiger partial charge in [-0.1, -0.05) is 0 Å². The van der Waals surface area contributed by atoms with Gasteiger partial charge >= 0.3 is 0 Å². The zero-order valence-electron chi connectivity index (χ0n) is 13.2. The summed E-state index contributed by atoms with van der Waals surface area (Å²) in [4.78, 5) is 15.4. The minimum absolute atomic E-state index is 0.159. The van der Waals surface area contributed by atoms with Gasteiger partial charge in [0.1, 0.15) is 11.6 Å². The molecule has 1 aromatic carbocycles. The lowest BCUT2D eigenvalue weighted by Gasteiger charge is -2.06. The van der Waals surface area contributed by atoms with Crippen molar-refractivity contribution in [1.29, 1.82) is 0 Å². The Morgan fingerprint density at radius 1 is 1.28 bits per heavy atom. The fourth-order valence-corrected chi connectivity index (χ4v) is 2.27. The minimum atomic E-state index is -1.01. The van der Waals surface area contributed by atoms with Gasteiger partial charge in [0.05, 0.1) is 18.7 Å². The Balaban J connectivity index is 1.94. The van der Waals surface area contributed by atoms with Crippen LogP contribution in [0.2, 0.25) is 0 Å². The molecule has 0 aliphatic heterocycles. The van der Waals surface area contributed by atoms with Crippen molar-refractivity contribution in [3.05, 3.63) is 47.3 Å². The summed E-state index contributed by atoms with van der Waals surface area (Å²) >= 11 is 0. The number of hydrogen-bond donors (Lipinski definition) is 1. The average Bonchev–Trinajstić information content (AvgIpc) is 3.13. The summed E-state index contributed by atoms with van der Waals surface area (Å²) in [6.45, 7) is 2.15. The van der Waals surface area contributed by atoms with Crippen LogP contribution in [-0.4, -0.2) is 40.9 Å². The van der Waals surface area contributed by atoms with Crippen molar-refractivity contribution in [2.24, 2.45) is 5.73 Å². The van der Waals surface area contributed by atoms with Crippen LogP contribution >= 0.6 is 0 Å². The molecule has 0 unspecified atom stereocenters. The molecule has 0 spiro atoms. The van der Waals surface area contributed by atoms with E-state index in [4.69, 9.17) is 5.73 Å². The molecule has 1 amide bonds. The van der Waals surface area contributed by atoms with Gasteiger partial charge in [0, 0.05) is 12.5 Å². The van der Waals surface area contributed by atoms with Crippen molar-refractivity contribution in [3.8, 4) is 5.69 Å². The van der Waals surface area contributed by atoms with Crippen molar-refractivity contribution >= 4 is 5.91 Å². The lowest BCUT2D eigenvalue weighted by Crippen LogP contribution is -2.14. The highest BCUT2D eigenvalue weighted by Gasteiger charge is 2.15. The van der Waals surface area contributed by atoms with Crippen molar-refractivity contribution in [1.82, 2.24) is 35.0 Å². The average molecular weight is 348 g/mol. The van der Waals surface area contributed by atoms with Crippen LogP contribution < -0.4 is 5.73 Å². The molecule has 0 fully saturated rings. The molecule has 3 rings (SSSR count). The highest BCUT2D eigenvalue weighted by atomic mass is 19.2. The molecule has 9 nitrogen and oxygen atoms in total. The van der Waals surface area contributed by atoms with Gasteiger partial charge in [0.15, 0.2) is 17.5 Å². The molecule has 2 heterocycles. The van der Waals surface area contributed by atoms with Crippen LogP contribution in [0.25, 0.3) is 5.69 Å². The molecule has 2 N–H and O–H groups in total. The van der Waals surface area contributed by atoms with Crippen LogP contribution in [0, 0.1) is 18.6 Å².